The number of carbonyl (C=O) groups is 1. The predicted molar refractivity (Wildman–Crippen MR) is 72.6 cm³/mol. The number of carbonyl (C=O) groups excluding carboxylic acids is 1. The van der Waals surface area contributed by atoms with Gasteiger partial charge >= 0.3 is 0 Å². The molecule has 0 bridgehead atoms. The summed E-state index contributed by atoms with van der Waals surface area (Å²) < 4.78 is 5.64. The van der Waals surface area contributed by atoms with E-state index in [0.29, 0.717) is 26.1 Å². The molecule has 1 aromatic heterocycles. The molecule has 5 heteroatoms. The summed E-state index contributed by atoms with van der Waals surface area (Å²) in [6.45, 7) is 5.66. The van der Waals surface area contributed by atoms with Crippen molar-refractivity contribution < 1.29 is 9.53 Å². The molecule has 2 N–H and O–H groups in total. The van der Waals surface area contributed by atoms with Crippen LogP contribution >= 0.6 is 11.3 Å². The highest BCUT2D eigenvalue weighted by Crippen LogP contribution is 2.23. The lowest BCUT2D eigenvalue weighted by atomic mass is 10.00. The van der Waals surface area contributed by atoms with Gasteiger partial charge in [-0.3, -0.25) is 4.79 Å². The number of nitrogens with two attached hydrogens (primary N) is 1. The maximum Gasteiger partial charge on any atom is 0.228 e. The van der Waals surface area contributed by atoms with Crippen LogP contribution in [0, 0.1) is 0 Å². The van der Waals surface area contributed by atoms with Gasteiger partial charge < -0.3 is 15.4 Å². The molecule has 18 heavy (non-hydrogen) atoms. The molecule has 1 saturated heterocycles. The van der Waals surface area contributed by atoms with Crippen LogP contribution in [0.4, 0.5) is 0 Å². The van der Waals surface area contributed by atoms with Crippen LogP contribution in [0.5, 0.6) is 0 Å². The number of thiophene rings is 1. The molecule has 0 saturated carbocycles. The van der Waals surface area contributed by atoms with E-state index in [1.54, 1.807) is 11.3 Å². The third-order valence-electron chi connectivity index (χ3n) is 3.26. The lowest BCUT2D eigenvalue weighted by Gasteiger charge is -2.45. The van der Waals surface area contributed by atoms with Crippen molar-refractivity contribution in [2.75, 3.05) is 19.7 Å². The Morgan fingerprint density at radius 2 is 2.44 bits per heavy atom. The summed E-state index contributed by atoms with van der Waals surface area (Å²) >= 11 is 1.62. The highest BCUT2D eigenvalue weighted by molar-refractivity contribution is 7.10. The Morgan fingerprint density at radius 3 is 3.06 bits per heavy atom. The molecule has 0 aromatic carbocycles. The molecule has 100 valence electrons. The lowest BCUT2D eigenvalue weighted by molar-refractivity contribution is -0.152. The predicted octanol–water partition coefficient (Wildman–Crippen LogP) is 1.26. The van der Waals surface area contributed by atoms with E-state index in [2.05, 4.69) is 0 Å². The van der Waals surface area contributed by atoms with Crippen LogP contribution in [0.25, 0.3) is 0 Å². The fourth-order valence-electron chi connectivity index (χ4n) is 2.14. The second-order valence-electron chi connectivity index (χ2n) is 5.24. The minimum Gasteiger partial charge on any atom is -0.373 e. The number of hydrogen-bond acceptors (Lipinski definition) is 4. The van der Waals surface area contributed by atoms with E-state index in [9.17, 15) is 4.79 Å². The molecule has 1 aliphatic rings. The quantitative estimate of drug-likeness (QED) is 0.898. The van der Waals surface area contributed by atoms with Crippen LogP contribution in [-0.2, 0) is 16.0 Å². The lowest BCUT2D eigenvalue weighted by Crippen LogP contribution is -2.59. The Morgan fingerprint density at radius 1 is 1.67 bits per heavy atom. The van der Waals surface area contributed by atoms with Crippen LogP contribution in [0.15, 0.2) is 17.5 Å². The molecule has 1 atom stereocenters. The molecule has 0 radical (unpaired) electrons. The van der Waals surface area contributed by atoms with E-state index >= 15 is 0 Å². The van der Waals surface area contributed by atoms with Gasteiger partial charge in [0.15, 0.2) is 0 Å². The Balaban J connectivity index is 2.06. The third-order valence-corrected chi connectivity index (χ3v) is 4.14. The summed E-state index contributed by atoms with van der Waals surface area (Å²) in [4.78, 5) is 15.4. The monoisotopic (exact) mass is 268 g/mol. The van der Waals surface area contributed by atoms with Crippen molar-refractivity contribution in [3.05, 3.63) is 22.4 Å². The zero-order chi connectivity index (χ0) is 13.2. The maximum absolute atomic E-state index is 12.4. The van der Waals surface area contributed by atoms with Gasteiger partial charge in [-0.15, -0.1) is 11.3 Å². The number of morpholine rings is 1. The zero-order valence-electron chi connectivity index (χ0n) is 10.9. The van der Waals surface area contributed by atoms with Gasteiger partial charge in [0.05, 0.1) is 24.7 Å². The summed E-state index contributed by atoms with van der Waals surface area (Å²) in [5.74, 6) is 0.157. The van der Waals surface area contributed by atoms with Crippen molar-refractivity contribution >= 4 is 17.2 Å². The molecule has 0 aliphatic carbocycles. The number of nitrogens with zero attached hydrogens (tertiary/aromatic N) is 1. The molecular weight excluding hydrogens is 248 g/mol. The molecule has 4 nitrogen and oxygen atoms in total. The topological polar surface area (TPSA) is 55.6 Å². The van der Waals surface area contributed by atoms with Crippen molar-refractivity contribution in [2.45, 2.75) is 31.9 Å². The standard InChI is InChI=1S/C13H20N2O2S/c1-13(2)9-17-10(7-14)8-15(13)12(16)6-11-4-3-5-18-11/h3-5,10H,6-9,14H2,1-2H3. The van der Waals surface area contributed by atoms with Crippen molar-refractivity contribution in [3.8, 4) is 0 Å². The number of hydrogen-bond donors (Lipinski definition) is 1. The smallest absolute Gasteiger partial charge is 0.228 e. The van der Waals surface area contributed by atoms with E-state index in [4.69, 9.17) is 10.5 Å². The van der Waals surface area contributed by atoms with Gasteiger partial charge in [-0.1, -0.05) is 6.07 Å². The number of rotatable bonds is 3. The molecule has 1 amide bonds. The largest absolute Gasteiger partial charge is 0.373 e. The molecular formula is C13H20N2O2S. The number of amides is 1. The Bertz CT molecular complexity index is 403. The molecule has 2 heterocycles. The van der Waals surface area contributed by atoms with Crippen LogP contribution < -0.4 is 5.73 Å². The van der Waals surface area contributed by atoms with Crippen LogP contribution in [0.3, 0.4) is 0 Å². The van der Waals surface area contributed by atoms with Gasteiger partial charge in [0.1, 0.15) is 0 Å². The fourth-order valence-corrected chi connectivity index (χ4v) is 2.84. The van der Waals surface area contributed by atoms with Crippen molar-refractivity contribution in [1.82, 2.24) is 4.90 Å². The zero-order valence-corrected chi connectivity index (χ0v) is 11.7. The van der Waals surface area contributed by atoms with Crippen molar-refractivity contribution in [3.63, 3.8) is 0 Å². The Kier molecular flexibility index (Phi) is 4.04. The van der Waals surface area contributed by atoms with Crippen molar-refractivity contribution in [2.24, 2.45) is 5.73 Å². The molecule has 1 aliphatic heterocycles. The van der Waals surface area contributed by atoms with Crippen molar-refractivity contribution in [1.29, 1.82) is 0 Å². The van der Waals surface area contributed by atoms with Gasteiger partial charge in [-0.25, -0.2) is 0 Å². The summed E-state index contributed by atoms with van der Waals surface area (Å²) in [6.07, 6.45) is 0.434. The molecule has 2 rings (SSSR count). The molecule has 1 aromatic rings. The van der Waals surface area contributed by atoms with Gasteiger partial charge in [0.25, 0.3) is 0 Å². The highest BCUT2D eigenvalue weighted by atomic mass is 32.1. The summed E-state index contributed by atoms with van der Waals surface area (Å²) in [5, 5.41) is 2.00. The summed E-state index contributed by atoms with van der Waals surface area (Å²) in [6, 6.07) is 3.97. The van der Waals surface area contributed by atoms with Gasteiger partial charge in [-0.2, -0.15) is 0 Å². The first kappa shape index (κ1) is 13.5. The maximum atomic E-state index is 12.4. The van der Waals surface area contributed by atoms with Crippen LogP contribution in [-0.4, -0.2) is 42.1 Å². The second kappa shape index (κ2) is 5.38. The minimum absolute atomic E-state index is 0.0367. The molecule has 1 unspecified atom stereocenters. The van der Waals surface area contributed by atoms with Gasteiger partial charge in [0.2, 0.25) is 5.91 Å². The van der Waals surface area contributed by atoms with Gasteiger partial charge in [-0.05, 0) is 25.3 Å². The first-order valence-corrected chi connectivity index (χ1v) is 7.05. The minimum atomic E-state index is -0.250. The van der Waals surface area contributed by atoms with E-state index in [1.165, 1.54) is 0 Å². The van der Waals surface area contributed by atoms with Gasteiger partial charge in [0, 0.05) is 18.0 Å². The molecule has 0 spiro atoms. The first-order valence-electron chi connectivity index (χ1n) is 6.17. The average Bonchev–Trinajstić information content (AvgIpc) is 2.81. The molecule has 1 fully saturated rings. The Labute approximate surface area is 112 Å². The normalized spacial score (nSPS) is 23.1. The Hall–Kier alpha value is -0.910. The van der Waals surface area contributed by atoms with Crippen LogP contribution in [0.2, 0.25) is 0 Å². The third kappa shape index (κ3) is 2.91. The first-order chi connectivity index (χ1) is 8.53. The fraction of sp³-hybridized carbons (Fsp3) is 0.615. The van der Waals surface area contributed by atoms with E-state index in [0.717, 1.165) is 4.88 Å². The summed E-state index contributed by atoms with van der Waals surface area (Å²) in [5.41, 5.74) is 5.38. The summed E-state index contributed by atoms with van der Waals surface area (Å²) in [7, 11) is 0. The van der Waals surface area contributed by atoms with E-state index in [1.807, 2.05) is 36.3 Å². The second-order valence-corrected chi connectivity index (χ2v) is 6.27. The highest BCUT2D eigenvalue weighted by Gasteiger charge is 2.37. The van der Waals surface area contributed by atoms with E-state index in [-0.39, 0.29) is 17.6 Å². The average molecular weight is 268 g/mol. The number of ether oxygens (including phenoxy) is 1. The van der Waals surface area contributed by atoms with E-state index < -0.39 is 0 Å². The van der Waals surface area contributed by atoms with Crippen LogP contribution in [0.1, 0.15) is 18.7 Å². The SMILES string of the molecule is CC1(C)COC(CN)CN1C(=O)Cc1cccs1.